The Balaban J connectivity index is 2.21. The number of hydrogen-bond donors (Lipinski definition) is 2. The third-order valence-corrected chi connectivity index (χ3v) is 4.55. The van der Waals surface area contributed by atoms with Gasteiger partial charge in [0.1, 0.15) is 0 Å². The van der Waals surface area contributed by atoms with Crippen LogP contribution in [0.25, 0.3) is 0 Å². The molecule has 1 aromatic heterocycles. The van der Waals surface area contributed by atoms with Gasteiger partial charge in [0.05, 0.1) is 11.3 Å². The second kappa shape index (κ2) is 6.54. The Kier molecular flexibility index (Phi) is 4.75. The first-order chi connectivity index (χ1) is 10.0. The van der Waals surface area contributed by atoms with E-state index in [1.54, 1.807) is 24.3 Å². The summed E-state index contributed by atoms with van der Waals surface area (Å²) in [6.45, 7) is 4.05. The van der Waals surface area contributed by atoms with E-state index in [0.29, 0.717) is 16.1 Å². The number of hydrogen-bond acceptors (Lipinski definition) is 3. The number of aryl methyl sites for hydroxylation is 2. The van der Waals surface area contributed by atoms with Crippen molar-refractivity contribution in [1.29, 1.82) is 0 Å². The smallest absolute Gasteiger partial charge is 0.307 e. The van der Waals surface area contributed by atoms with E-state index in [2.05, 4.69) is 12.2 Å². The quantitative estimate of drug-likeness (QED) is 0.888. The summed E-state index contributed by atoms with van der Waals surface area (Å²) in [5.41, 5.74) is 2.27. The van der Waals surface area contributed by atoms with Crippen LogP contribution in [-0.2, 0) is 17.6 Å². The highest BCUT2D eigenvalue weighted by Gasteiger charge is 2.14. The molecule has 110 valence electrons. The van der Waals surface area contributed by atoms with Crippen molar-refractivity contribution in [2.75, 3.05) is 5.32 Å². The average Bonchev–Trinajstić information content (AvgIpc) is 2.81. The fraction of sp³-hybridized carbons (Fsp3) is 0.250. The first-order valence-corrected chi connectivity index (χ1v) is 7.53. The van der Waals surface area contributed by atoms with Crippen LogP contribution in [0.3, 0.4) is 0 Å². The molecule has 4 nitrogen and oxygen atoms in total. The molecule has 0 bridgehead atoms. The summed E-state index contributed by atoms with van der Waals surface area (Å²) < 4.78 is 0. The average molecular weight is 303 g/mol. The molecule has 0 aliphatic rings. The van der Waals surface area contributed by atoms with Gasteiger partial charge in [0.2, 0.25) is 0 Å². The van der Waals surface area contributed by atoms with Gasteiger partial charge in [-0.2, -0.15) is 0 Å². The molecule has 0 unspecified atom stereocenters. The van der Waals surface area contributed by atoms with Crippen LogP contribution in [0.1, 0.15) is 32.6 Å². The van der Waals surface area contributed by atoms with E-state index in [-0.39, 0.29) is 12.3 Å². The van der Waals surface area contributed by atoms with E-state index < -0.39 is 5.97 Å². The van der Waals surface area contributed by atoms with Crippen LogP contribution in [-0.4, -0.2) is 17.0 Å². The van der Waals surface area contributed by atoms with Gasteiger partial charge in [-0.25, -0.2) is 0 Å². The SMILES string of the molecule is CCc1sc(C(=O)Nc2ccccc2CC(=O)O)cc1C. The summed E-state index contributed by atoms with van der Waals surface area (Å²) >= 11 is 1.48. The summed E-state index contributed by atoms with van der Waals surface area (Å²) in [6.07, 6.45) is 0.791. The number of carbonyl (C=O) groups excluding carboxylic acids is 1. The molecule has 0 aliphatic heterocycles. The summed E-state index contributed by atoms with van der Waals surface area (Å²) in [6, 6.07) is 8.84. The Morgan fingerprint density at radius 1 is 1.29 bits per heavy atom. The Morgan fingerprint density at radius 3 is 2.62 bits per heavy atom. The Bertz CT molecular complexity index is 676. The number of amides is 1. The number of rotatable bonds is 5. The first-order valence-electron chi connectivity index (χ1n) is 6.71. The predicted octanol–water partition coefficient (Wildman–Crippen LogP) is 3.50. The van der Waals surface area contributed by atoms with Gasteiger partial charge >= 0.3 is 5.97 Å². The number of aliphatic carboxylic acids is 1. The third kappa shape index (κ3) is 3.70. The number of para-hydroxylation sites is 1. The molecule has 21 heavy (non-hydrogen) atoms. The van der Waals surface area contributed by atoms with Gasteiger partial charge in [-0.15, -0.1) is 11.3 Å². The maximum Gasteiger partial charge on any atom is 0.307 e. The fourth-order valence-corrected chi connectivity index (χ4v) is 3.14. The first kappa shape index (κ1) is 15.3. The summed E-state index contributed by atoms with van der Waals surface area (Å²) in [5, 5.41) is 11.7. The molecule has 0 spiro atoms. The van der Waals surface area contributed by atoms with Crippen LogP contribution in [0.15, 0.2) is 30.3 Å². The molecule has 2 aromatic rings. The molecule has 5 heteroatoms. The second-order valence-corrected chi connectivity index (χ2v) is 5.89. The van der Waals surface area contributed by atoms with Crippen molar-refractivity contribution in [2.24, 2.45) is 0 Å². The van der Waals surface area contributed by atoms with Crippen LogP contribution in [0.5, 0.6) is 0 Å². The monoisotopic (exact) mass is 303 g/mol. The lowest BCUT2D eigenvalue weighted by atomic mass is 10.1. The second-order valence-electron chi connectivity index (χ2n) is 4.75. The summed E-state index contributed by atoms with van der Waals surface area (Å²) in [4.78, 5) is 25.0. The molecular weight excluding hydrogens is 286 g/mol. The molecular formula is C16H17NO3S. The number of carboxylic acid groups (broad SMARTS) is 1. The molecule has 0 atom stereocenters. The standard InChI is InChI=1S/C16H17NO3S/c1-3-13-10(2)8-14(21-13)16(20)17-12-7-5-4-6-11(12)9-15(18)19/h4-8H,3,9H2,1-2H3,(H,17,20)(H,18,19). The Labute approximate surface area is 127 Å². The Morgan fingerprint density at radius 2 is 2.00 bits per heavy atom. The minimum absolute atomic E-state index is 0.111. The fourth-order valence-electron chi connectivity index (χ4n) is 2.13. The van der Waals surface area contributed by atoms with E-state index in [0.717, 1.165) is 12.0 Å². The van der Waals surface area contributed by atoms with Crippen LogP contribution in [0.2, 0.25) is 0 Å². The summed E-state index contributed by atoms with van der Waals surface area (Å²) in [7, 11) is 0. The van der Waals surface area contributed by atoms with Crippen LogP contribution >= 0.6 is 11.3 Å². The van der Waals surface area contributed by atoms with Crippen molar-refractivity contribution in [3.8, 4) is 0 Å². The maximum atomic E-state index is 12.3. The largest absolute Gasteiger partial charge is 0.481 e. The maximum absolute atomic E-state index is 12.3. The van der Waals surface area contributed by atoms with E-state index in [1.807, 2.05) is 13.0 Å². The minimum Gasteiger partial charge on any atom is -0.481 e. The van der Waals surface area contributed by atoms with Gasteiger partial charge in [0.25, 0.3) is 5.91 Å². The van der Waals surface area contributed by atoms with Crippen molar-refractivity contribution in [2.45, 2.75) is 26.7 Å². The molecule has 1 aromatic carbocycles. The van der Waals surface area contributed by atoms with E-state index in [1.165, 1.54) is 16.2 Å². The molecule has 1 heterocycles. The number of benzene rings is 1. The third-order valence-electron chi connectivity index (χ3n) is 3.17. The number of thiophene rings is 1. The van der Waals surface area contributed by atoms with Crippen molar-refractivity contribution >= 4 is 28.9 Å². The van der Waals surface area contributed by atoms with Gasteiger partial charge in [0.15, 0.2) is 0 Å². The molecule has 0 saturated carbocycles. The van der Waals surface area contributed by atoms with Gasteiger partial charge in [-0.1, -0.05) is 25.1 Å². The molecule has 0 saturated heterocycles. The summed E-state index contributed by atoms with van der Waals surface area (Å²) in [5.74, 6) is -1.11. The molecule has 1 amide bonds. The van der Waals surface area contributed by atoms with Gasteiger partial charge in [0, 0.05) is 10.6 Å². The number of nitrogens with one attached hydrogen (secondary N) is 1. The minimum atomic E-state index is -0.920. The van der Waals surface area contributed by atoms with Crippen molar-refractivity contribution < 1.29 is 14.7 Å². The van der Waals surface area contributed by atoms with E-state index in [4.69, 9.17) is 5.11 Å². The molecule has 0 radical (unpaired) electrons. The van der Waals surface area contributed by atoms with Crippen molar-refractivity contribution in [1.82, 2.24) is 0 Å². The topological polar surface area (TPSA) is 66.4 Å². The van der Waals surface area contributed by atoms with Crippen molar-refractivity contribution in [3.05, 3.63) is 51.2 Å². The van der Waals surface area contributed by atoms with Crippen LogP contribution in [0, 0.1) is 6.92 Å². The lowest BCUT2D eigenvalue weighted by Gasteiger charge is -2.08. The van der Waals surface area contributed by atoms with Gasteiger partial charge in [-0.3, -0.25) is 9.59 Å². The Hall–Kier alpha value is -2.14. The van der Waals surface area contributed by atoms with Crippen molar-refractivity contribution in [3.63, 3.8) is 0 Å². The molecule has 2 N–H and O–H groups in total. The molecule has 2 rings (SSSR count). The van der Waals surface area contributed by atoms with E-state index in [9.17, 15) is 9.59 Å². The highest BCUT2D eigenvalue weighted by Crippen LogP contribution is 2.24. The zero-order valence-corrected chi connectivity index (χ0v) is 12.8. The van der Waals surface area contributed by atoms with Gasteiger partial charge < -0.3 is 10.4 Å². The zero-order valence-electron chi connectivity index (χ0n) is 12.0. The lowest BCUT2D eigenvalue weighted by molar-refractivity contribution is -0.136. The highest BCUT2D eigenvalue weighted by molar-refractivity contribution is 7.14. The molecule has 0 fully saturated rings. The molecule has 0 aliphatic carbocycles. The van der Waals surface area contributed by atoms with E-state index >= 15 is 0 Å². The normalized spacial score (nSPS) is 10.4. The lowest BCUT2D eigenvalue weighted by Crippen LogP contribution is -2.13. The van der Waals surface area contributed by atoms with Crippen LogP contribution in [0.4, 0.5) is 5.69 Å². The number of anilines is 1. The van der Waals surface area contributed by atoms with Crippen LogP contribution < -0.4 is 5.32 Å². The highest BCUT2D eigenvalue weighted by atomic mass is 32.1. The zero-order chi connectivity index (χ0) is 15.4. The number of carbonyl (C=O) groups is 2. The van der Waals surface area contributed by atoms with Gasteiger partial charge in [-0.05, 0) is 36.6 Å². The number of carboxylic acids is 1. The predicted molar refractivity (Wildman–Crippen MR) is 84.2 cm³/mol.